The number of sulfonamides is 1. The Bertz CT molecular complexity index is 1170. The number of hydrogen-bond acceptors (Lipinski definition) is 5. The number of rotatable bonds is 6. The molecule has 1 aromatic carbocycles. The number of aromatic nitrogens is 3. The molecule has 0 unspecified atom stereocenters. The van der Waals surface area contributed by atoms with Gasteiger partial charge in [0.15, 0.2) is 0 Å². The number of anilines is 1. The fourth-order valence-corrected chi connectivity index (χ4v) is 4.00. The van der Waals surface area contributed by atoms with Crippen LogP contribution in [0.3, 0.4) is 0 Å². The molecule has 1 N–H and O–H groups in total. The minimum Gasteiger partial charge on any atom is -0.495 e. The van der Waals surface area contributed by atoms with Gasteiger partial charge in [0, 0.05) is 24.2 Å². The molecular formula is C17H19ClN4O4S. The molecule has 8 nitrogen and oxygen atoms in total. The van der Waals surface area contributed by atoms with Crippen molar-refractivity contribution in [3.05, 3.63) is 51.7 Å². The van der Waals surface area contributed by atoms with Gasteiger partial charge in [-0.1, -0.05) is 18.5 Å². The third-order valence-corrected chi connectivity index (χ3v) is 5.66. The fourth-order valence-electron chi connectivity index (χ4n) is 2.75. The summed E-state index contributed by atoms with van der Waals surface area (Å²) >= 11 is 5.96. The van der Waals surface area contributed by atoms with Gasteiger partial charge in [-0.05, 0) is 31.2 Å². The van der Waals surface area contributed by atoms with Crippen LogP contribution in [0.2, 0.25) is 5.02 Å². The van der Waals surface area contributed by atoms with Crippen LogP contribution in [0, 0.1) is 0 Å². The molecular weight excluding hydrogens is 392 g/mol. The molecule has 0 amide bonds. The first kappa shape index (κ1) is 19.2. The van der Waals surface area contributed by atoms with Crippen molar-refractivity contribution in [1.82, 2.24) is 14.2 Å². The van der Waals surface area contributed by atoms with E-state index >= 15 is 0 Å². The summed E-state index contributed by atoms with van der Waals surface area (Å²) in [7, 11) is -2.54. The number of ether oxygens (including phenoxy) is 1. The molecule has 0 aliphatic carbocycles. The molecule has 144 valence electrons. The summed E-state index contributed by atoms with van der Waals surface area (Å²) in [5, 5.41) is 4.63. The Morgan fingerprint density at radius 2 is 2.00 bits per heavy atom. The molecule has 2 aromatic heterocycles. The Kier molecular flexibility index (Phi) is 5.16. The second kappa shape index (κ2) is 7.24. The quantitative estimate of drug-likeness (QED) is 0.673. The SMILES string of the molecule is CCc1nn(CC)c(=O)c2cc(S(=O)(=O)Nc3cc(Cl)ccc3OC)cn12. The van der Waals surface area contributed by atoms with E-state index in [4.69, 9.17) is 16.3 Å². The zero-order chi connectivity index (χ0) is 19.8. The normalized spacial score (nSPS) is 11.7. The van der Waals surface area contributed by atoms with Gasteiger partial charge < -0.3 is 4.74 Å². The Labute approximate surface area is 161 Å². The van der Waals surface area contributed by atoms with Crippen molar-refractivity contribution >= 4 is 32.8 Å². The summed E-state index contributed by atoms with van der Waals surface area (Å²) < 4.78 is 36.2. The van der Waals surface area contributed by atoms with Crippen LogP contribution in [-0.4, -0.2) is 29.7 Å². The first-order valence-corrected chi connectivity index (χ1v) is 10.1. The lowest BCUT2D eigenvalue weighted by Gasteiger charge is -2.11. The molecule has 0 spiro atoms. The van der Waals surface area contributed by atoms with Gasteiger partial charge in [-0.3, -0.25) is 13.9 Å². The molecule has 2 heterocycles. The maximum absolute atomic E-state index is 12.9. The molecule has 0 fully saturated rings. The Balaban J connectivity index is 2.13. The van der Waals surface area contributed by atoms with Crippen molar-refractivity contribution in [1.29, 1.82) is 0 Å². The first-order chi connectivity index (χ1) is 12.8. The second-order valence-electron chi connectivity index (χ2n) is 5.77. The molecule has 0 radical (unpaired) electrons. The van der Waals surface area contributed by atoms with Crippen molar-refractivity contribution in [3.63, 3.8) is 0 Å². The van der Waals surface area contributed by atoms with Crippen LogP contribution >= 0.6 is 11.6 Å². The van der Waals surface area contributed by atoms with E-state index in [0.717, 1.165) is 0 Å². The monoisotopic (exact) mass is 410 g/mol. The van der Waals surface area contributed by atoms with Crippen molar-refractivity contribution in [2.45, 2.75) is 31.7 Å². The van der Waals surface area contributed by atoms with E-state index in [1.165, 1.54) is 34.5 Å². The van der Waals surface area contributed by atoms with Crippen LogP contribution in [0.4, 0.5) is 5.69 Å². The number of aryl methyl sites for hydroxylation is 2. The lowest BCUT2D eigenvalue weighted by Crippen LogP contribution is -2.26. The van der Waals surface area contributed by atoms with Gasteiger partial charge in [0.25, 0.3) is 15.6 Å². The number of nitrogens with one attached hydrogen (secondary N) is 1. The number of halogens is 1. The van der Waals surface area contributed by atoms with E-state index < -0.39 is 10.0 Å². The van der Waals surface area contributed by atoms with E-state index in [1.54, 1.807) is 19.1 Å². The van der Waals surface area contributed by atoms with Crippen LogP contribution in [0.5, 0.6) is 5.75 Å². The Hall–Kier alpha value is -2.52. The standard InChI is InChI=1S/C17H19ClN4O4S/c1-4-16-19-22(5-2)17(23)14-9-12(10-21(14)16)27(24,25)20-13-8-11(18)6-7-15(13)26-3/h6-10,20H,4-5H2,1-3H3. The summed E-state index contributed by atoms with van der Waals surface area (Å²) in [6.45, 7) is 4.08. The summed E-state index contributed by atoms with van der Waals surface area (Å²) in [5.74, 6) is 0.921. The molecule has 3 rings (SSSR count). The maximum Gasteiger partial charge on any atom is 0.291 e. The van der Waals surface area contributed by atoms with E-state index in [1.807, 2.05) is 6.92 Å². The number of fused-ring (bicyclic) bond motifs is 1. The van der Waals surface area contributed by atoms with E-state index in [-0.39, 0.29) is 21.7 Å². The highest BCUT2D eigenvalue weighted by Crippen LogP contribution is 2.30. The van der Waals surface area contributed by atoms with Gasteiger partial charge in [0.1, 0.15) is 22.0 Å². The fraction of sp³-hybridized carbons (Fsp3) is 0.294. The van der Waals surface area contributed by atoms with Gasteiger partial charge in [-0.15, -0.1) is 0 Å². The molecule has 3 aromatic rings. The summed E-state index contributed by atoms with van der Waals surface area (Å²) in [6, 6.07) is 5.96. The summed E-state index contributed by atoms with van der Waals surface area (Å²) in [4.78, 5) is 12.4. The Morgan fingerprint density at radius 1 is 1.26 bits per heavy atom. The van der Waals surface area contributed by atoms with Gasteiger partial charge in [-0.2, -0.15) is 5.10 Å². The molecule has 0 atom stereocenters. The highest BCUT2D eigenvalue weighted by molar-refractivity contribution is 7.92. The number of methoxy groups -OCH3 is 1. The van der Waals surface area contributed by atoms with Gasteiger partial charge >= 0.3 is 0 Å². The predicted molar refractivity (Wildman–Crippen MR) is 103 cm³/mol. The highest BCUT2D eigenvalue weighted by atomic mass is 35.5. The van der Waals surface area contributed by atoms with Crippen molar-refractivity contribution < 1.29 is 13.2 Å². The first-order valence-electron chi connectivity index (χ1n) is 8.29. The second-order valence-corrected chi connectivity index (χ2v) is 7.89. The van der Waals surface area contributed by atoms with Crippen LogP contribution in [0.15, 0.2) is 40.2 Å². The minimum absolute atomic E-state index is 0.0491. The molecule has 0 saturated carbocycles. The summed E-state index contributed by atoms with van der Waals surface area (Å²) in [6.07, 6.45) is 1.93. The van der Waals surface area contributed by atoms with Gasteiger partial charge in [0.05, 0.1) is 12.8 Å². The number of nitrogens with zero attached hydrogens (tertiary/aromatic N) is 3. The van der Waals surface area contributed by atoms with E-state index in [2.05, 4.69) is 9.82 Å². The molecule has 27 heavy (non-hydrogen) atoms. The largest absolute Gasteiger partial charge is 0.495 e. The van der Waals surface area contributed by atoms with Crippen LogP contribution in [0.1, 0.15) is 19.7 Å². The van der Waals surface area contributed by atoms with Crippen molar-refractivity contribution in [2.75, 3.05) is 11.8 Å². The average Bonchev–Trinajstić information content (AvgIpc) is 3.09. The van der Waals surface area contributed by atoms with E-state index in [9.17, 15) is 13.2 Å². The zero-order valence-corrected chi connectivity index (χ0v) is 16.6. The van der Waals surface area contributed by atoms with Crippen LogP contribution < -0.4 is 15.0 Å². The molecule has 0 aliphatic heterocycles. The topological polar surface area (TPSA) is 94.7 Å². The van der Waals surface area contributed by atoms with Crippen LogP contribution in [0.25, 0.3) is 5.52 Å². The van der Waals surface area contributed by atoms with Gasteiger partial charge in [-0.25, -0.2) is 13.1 Å². The molecule has 0 saturated heterocycles. The third kappa shape index (κ3) is 3.52. The Morgan fingerprint density at radius 3 is 2.63 bits per heavy atom. The number of hydrogen-bond donors (Lipinski definition) is 1. The van der Waals surface area contributed by atoms with Crippen molar-refractivity contribution in [3.8, 4) is 5.75 Å². The zero-order valence-electron chi connectivity index (χ0n) is 15.1. The van der Waals surface area contributed by atoms with Crippen molar-refractivity contribution in [2.24, 2.45) is 0 Å². The lowest BCUT2D eigenvalue weighted by atomic mass is 10.3. The third-order valence-electron chi connectivity index (χ3n) is 4.09. The smallest absolute Gasteiger partial charge is 0.291 e. The summed E-state index contributed by atoms with van der Waals surface area (Å²) in [5.41, 5.74) is 0.110. The van der Waals surface area contributed by atoms with E-state index in [0.29, 0.717) is 29.6 Å². The molecule has 10 heteroatoms. The van der Waals surface area contributed by atoms with Crippen LogP contribution in [-0.2, 0) is 23.0 Å². The highest BCUT2D eigenvalue weighted by Gasteiger charge is 2.21. The minimum atomic E-state index is -3.97. The molecule has 0 bridgehead atoms. The van der Waals surface area contributed by atoms with Gasteiger partial charge in [0.2, 0.25) is 0 Å². The lowest BCUT2D eigenvalue weighted by molar-refractivity contribution is 0.417. The molecule has 0 aliphatic rings. The maximum atomic E-state index is 12.9. The average molecular weight is 411 g/mol. The predicted octanol–water partition coefficient (Wildman–Crippen LogP) is 2.54. The number of benzene rings is 1.